The van der Waals surface area contributed by atoms with E-state index in [1.165, 1.54) is 5.57 Å². The van der Waals surface area contributed by atoms with Gasteiger partial charge in [-0.15, -0.1) is 0 Å². The molecule has 2 atom stereocenters. The summed E-state index contributed by atoms with van der Waals surface area (Å²) in [5, 5.41) is 11.6. The number of likely N-dealkylation sites (N-methyl/N-ethyl adjacent to an activating group) is 1. The molecule has 0 saturated heterocycles. The quantitative estimate of drug-likeness (QED) is 0.754. The summed E-state index contributed by atoms with van der Waals surface area (Å²) < 4.78 is 0. The fourth-order valence-electron chi connectivity index (χ4n) is 2.92. The summed E-state index contributed by atoms with van der Waals surface area (Å²) in [6.45, 7) is 2.05. The molecule has 1 aliphatic heterocycles. The Balaban J connectivity index is 1.70. The molecule has 2 unspecified atom stereocenters. The molecule has 21 heavy (non-hydrogen) atoms. The highest BCUT2D eigenvalue weighted by Crippen LogP contribution is 2.25. The maximum atomic E-state index is 10.5. The SMILES string of the molecule is CN1CC=C(CC(N)C(O)c2ccc3[nH]ccc3c2)CC1. The molecule has 2 aromatic rings. The van der Waals surface area contributed by atoms with E-state index >= 15 is 0 Å². The largest absolute Gasteiger partial charge is 0.387 e. The van der Waals surface area contributed by atoms with E-state index in [2.05, 4.69) is 23.0 Å². The lowest BCUT2D eigenvalue weighted by Crippen LogP contribution is -2.31. The maximum absolute atomic E-state index is 10.5. The smallest absolute Gasteiger partial charge is 0.0944 e. The molecule has 0 aliphatic carbocycles. The molecule has 0 radical (unpaired) electrons. The summed E-state index contributed by atoms with van der Waals surface area (Å²) in [5.74, 6) is 0. The standard InChI is InChI=1S/C17H23N3O/c1-20-8-5-12(6-9-20)10-15(18)17(21)14-2-3-16-13(11-14)4-7-19-16/h2-5,7,11,15,17,19,21H,6,8-10,18H2,1H3. The number of hydrogen-bond acceptors (Lipinski definition) is 3. The van der Waals surface area contributed by atoms with Gasteiger partial charge in [0.2, 0.25) is 0 Å². The van der Waals surface area contributed by atoms with Gasteiger partial charge < -0.3 is 20.7 Å². The first-order valence-electron chi connectivity index (χ1n) is 7.50. The normalized spacial score (nSPS) is 19.5. The molecule has 4 heteroatoms. The second-order valence-electron chi connectivity index (χ2n) is 6.01. The minimum absolute atomic E-state index is 0.254. The molecule has 0 fully saturated rings. The van der Waals surface area contributed by atoms with E-state index < -0.39 is 6.10 Å². The van der Waals surface area contributed by atoms with Crippen LogP contribution in [0.2, 0.25) is 0 Å². The lowest BCUT2D eigenvalue weighted by Gasteiger charge is -2.25. The van der Waals surface area contributed by atoms with Gasteiger partial charge in [0.1, 0.15) is 0 Å². The third-order valence-electron chi connectivity index (χ3n) is 4.33. The number of nitrogens with zero attached hydrogens (tertiary/aromatic N) is 1. The predicted octanol–water partition coefficient (Wildman–Crippen LogP) is 2.18. The van der Waals surface area contributed by atoms with Crippen molar-refractivity contribution in [1.29, 1.82) is 0 Å². The van der Waals surface area contributed by atoms with Gasteiger partial charge in [-0.3, -0.25) is 0 Å². The van der Waals surface area contributed by atoms with Crippen molar-refractivity contribution in [3.05, 3.63) is 47.7 Å². The second-order valence-corrected chi connectivity index (χ2v) is 6.01. The molecule has 3 rings (SSSR count). The molecule has 4 nitrogen and oxygen atoms in total. The number of aromatic nitrogens is 1. The van der Waals surface area contributed by atoms with E-state index in [-0.39, 0.29) is 6.04 Å². The molecule has 1 aromatic carbocycles. The molecule has 1 aliphatic rings. The molecule has 4 N–H and O–H groups in total. The topological polar surface area (TPSA) is 65.3 Å². The third-order valence-corrected chi connectivity index (χ3v) is 4.33. The zero-order chi connectivity index (χ0) is 14.8. The molecule has 112 valence electrons. The summed E-state index contributed by atoms with van der Waals surface area (Å²) in [7, 11) is 2.12. The molecular formula is C17H23N3O. The van der Waals surface area contributed by atoms with Gasteiger partial charge in [-0.05, 0) is 49.0 Å². The van der Waals surface area contributed by atoms with Crippen molar-refractivity contribution in [1.82, 2.24) is 9.88 Å². The van der Waals surface area contributed by atoms with Gasteiger partial charge in [-0.25, -0.2) is 0 Å². The highest BCUT2D eigenvalue weighted by Gasteiger charge is 2.20. The van der Waals surface area contributed by atoms with Crippen LogP contribution in [0.25, 0.3) is 10.9 Å². The van der Waals surface area contributed by atoms with Gasteiger partial charge in [0.25, 0.3) is 0 Å². The zero-order valence-corrected chi connectivity index (χ0v) is 12.4. The number of aliphatic hydroxyl groups excluding tert-OH is 1. The second kappa shape index (κ2) is 6.02. The van der Waals surface area contributed by atoms with Gasteiger partial charge in [-0.1, -0.05) is 17.7 Å². The fraction of sp³-hybridized carbons (Fsp3) is 0.412. The van der Waals surface area contributed by atoms with E-state index in [1.54, 1.807) is 0 Å². The van der Waals surface area contributed by atoms with Gasteiger partial charge in [0, 0.05) is 30.8 Å². The average Bonchev–Trinajstić information content (AvgIpc) is 2.96. The number of rotatable bonds is 4. The Morgan fingerprint density at radius 1 is 1.38 bits per heavy atom. The number of nitrogens with two attached hydrogens (primary N) is 1. The molecule has 0 bridgehead atoms. The Kier molecular flexibility index (Phi) is 4.10. The highest BCUT2D eigenvalue weighted by atomic mass is 16.3. The summed E-state index contributed by atoms with van der Waals surface area (Å²) >= 11 is 0. The summed E-state index contributed by atoms with van der Waals surface area (Å²) in [4.78, 5) is 5.44. The van der Waals surface area contributed by atoms with Crippen LogP contribution in [0.3, 0.4) is 0 Å². The van der Waals surface area contributed by atoms with Crippen molar-refractivity contribution in [2.75, 3.05) is 20.1 Å². The molecular weight excluding hydrogens is 262 g/mol. The van der Waals surface area contributed by atoms with Crippen molar-refractivity contribution >= 4 is 10.9 Å². The first-order valence-corrected chi connectivity index (χ1v) is 7.50. The average molecular weight is 285 g/mol. The minimum Gasteiger partial charge on any atom is -0.387 e. The predicted molar refractivity (Wildman–Crippen MR) is 86.0 cm³/mol. The lowest BCUT2D eigenvalue weighted by molar-refractivity contribution is 0.145. The Bertz CT molecular complexity index is 646. The number of hydrogen-bond donors (Lipinski definition) is 3. The number of nitrogens with one attached hydrogen (secondary N) is 1. The fourth-order valence-corrected chi connectivity index (χ4v) is 2.92. The Morgan fingerprint density at radius 2 is 2.24 bits per heavy atom. The lowest BCUT2D eigenvalue weighted by atomic mass is 9.93. The van der Waals surface area contributed by atoms with Crippen molar-refractivity contribution in [3.8, 4) is 0 Å². The van der Waals surface area contributed by atoms with Crippen LogP contribution in [0.5, 0.6) is 0 Å². The van der Waals surface area contributed by atoms with Crippen molar-refractivity contribution in [2.24, 2.45) is 5.73 Å². The summed E-state index contributed by atoms with van der Waals surface area (Å²) in [5.41, 5.74) is 9.56. The molecule has 0 spiro atoms. The van der Waals surface area contributed by atoms with Crippen molar-refractivity contribution < 1.29 is 5.11 Å². The highest BCUT2D eigenvalue weighted by molar-refractivity contribution is 5.80. The van der Waals surface area contributed by atoms with Crippen LogP contribution in [-0.4, -0.2) is 41.2 Å². The van der Waals surface area contributed by atoms with Crippen LogP contribution in [0.15, 0.2) is 42.1 Å². The van der Waals surface area contributed by atoms with Crippen LogP contribution in [0.4, 0.5) is 0 Å². The number of benzene rings is 1. The number of aromatic amines is 1. The number of H-pyrrole nitrogens is 1. The third kappa shape index (κ3) is 3.18. The Hall–Kier alpha value is -1.62. The van der Waals surface area contributed by atoms with Crippen LogP contribution >= 0.6 is 0 Å². The van der Waals surface area contributed by atoms with Crippen molar-refractivity contribution in [2.45, 2.75) is 25.0 Å². The van der Waals surface area contributed by atoms with Crippen LogP contribution in [0, 0.1) is 0 Å². The number of aliphatic hydroxyl groups is 1. The van der Waals surface area contributed by atoms with E-state index in [0.29, 0.717) is 0 Å². The van der Waals surface area contributed by atoms with E-state index in [0.717, 1.165) is 42.4 Å². The molecule has 0 amide bonds. The van der Waals surface area contributed by atoms with E-state index in [9.17, 15) is 5.11 Å². The van der Waals surface area contributed by atoms with Crippen LogP contribution in [0.1, 0.15) is 24.5 Å². The van der Waals surface area contributed by atoms with Gasteiger partial charge in [-0.2, -0.15) is 0 Å². The first-order chi connectivity index (χ1) is 10.1. The Labute approximate surface area is 125 Å². The first kappa shape index (κ1) is 14.3. The van der Waals surface area contributed by atoms with Crippen molar-refractivity contribution in [3.63, 3.8) is 0 Å². The molecule has 2 heterocycles. The Morgan fingerprint density at radius 3 is 3.00 bits per heavy atom. The minimum atomic E-state index is -0.621. The summed E-state index contributed by atoms with van der Waals surface area (Å²) in [6, 6.07) is 7.72. The monoisotopic (exact) mass is 285 g/mol. The molecule has 1 aromatic heterocycles. The van der Waals surface area contributed by atoms with E-state index in [4.69, 9.17) is 5.73 Å². The van der Waals surface area contributed by atoms with Crippen LogP contribution < -0.4 is 5.73 Å². The van der Waals surface area contributed by atoms with Gasteiger partial charge in [0.05, 0.1) is 6.10 Å². The zero-order valence-electron chi connectivity index (χ0n) is 12.4. The van der Waals surface area contributed by atoms with E-state index in [1.807, 2.05) is 30.5 Å². The molecule has 0 saturated carbocycles. The van der Waals surface area contributed by atoms with Crippen LogP contribution in [-0.2, 0) is 0 Å². The maximum Gasteiger partial charge on any atom is 0.0944 e. The van der Waals surface area contributed by atoms with Gasteiger partial charge in [0.15, 0.2) is 0 Å². The van der Waals surface area contributed by atoms with Gasteiger partial charge >= 0.3 is 0 Å². The summed E-state index contributed by atoms with van der Waals surface area (Å²) in [6.07, 6.45) is 5.34. The number of fused-ring (bicyclic) bond motifs is 1.